The highest BCUT2D eigenvalue weighted by Crippen LogP contribution is 2.24. The summed E-state index contributed by atoms with van der Waals surface area (Å²) in [7, 11) is 0. The van der Waals surface area contributed by atoms with E-state index < -0.39 is 0 Å². The number of aromatic nitrogens is 5. The van der Waals surface area contributed by atoms with Gasteiger partial charge in [-0.25, -0.2) is 9.97 Å². The standard InChI is InChI=1S/C15H16ClN5/c1-9-4-5-13-15(19-9)21(14(20-13)11(3)16)8-12-7-17-10(2)6-18-12/h4-7,11H,8H2,1-3H3. The summed E-state index contributed by atoms with van der Waals surface area (Å²) >= 11 is 6.26. The number of hydrogen-bond acceptors (Lipinski definition) is 4. The fourth-order valence-electron chi connectivity index (χ4n) is 2.24. The van der Waals surface area contributed by atoms with E-state index >= 15 is 0 Å². The first kappa shape index (κ1) is 13.9. The Labute approximate surface area is 128 Å². The number of fused-ring (bicyclic) bond motifs is 1. The minimum Gasteiger partial charge on any atom is -0.305 e. The van der Waals surface area contributed by atoms with Crippen molar-refractivity contribution in [3.8, 4) is 0 Å². The molecule has 0 saturated carbocycles. The molecule has 0 aliphatic carbocycles. The smallest absolute Gasteiger partial charge is 0.160 e. The van der Waals surface area contributed by atoms with Crippen LogP contribution in [-0.4, -0.2) is 24.5 Å². The number of nitrogens with zero attached hydrogens (tertiary/aromatic N) is 5. The van der Waals surface area contributed by atoms with Crippen molar-refractivity contribution in [2.24, 2.45) is 0 Å². The molecule has 3 aromatic rings. The van der Waals surface area contributed by atoms with Crippen LogP contribution >= 0.6 is 11.6 Å². The Hall–Kier alpha value is -2.01. The van der Waals surface area contributed by atoms with Gasteiger partial charge in [-0.3, -0.25) is 9.97 Å². The van der Waals surface area contributed by atoms with Gasteiger partial charge in [-0.05, 0) is 32.9 Å². The number of imidazole rings is 1. The number of halogens is 1. The van der Waals surface area contributed by atoms with Crippen LogP contribution in [-0.2, 0) is 6.54 Å². The van der Waals surface area contributed by atoms with Gasteiger partial charge in [-0.2, -0.15) is 0 Å². The van der Waals surface area contributed by atoms with Gasteiger partial charge in [0, 0.05) is 11.9 Å². The largest absolute Gasteiger partial charge is 0.305 e. The molecule has 1 unspecified atom stereocenters. The van der Waals surface area contributed by atoms with Crippen molar-refractivity contribution in [3.63, 3.8) is 0 Å². The summed E-state index contributed by atoms with van der Waals surface area (Å²) in [4.78, 5) is 17.9. The molecule has 0 saturated heterocycles. The zero-order chi connectivity index (χ0) is 15.0. The highest BCUT2D eigenvalue weighted by Gasteiger charge is 2.16. The Bertz CT molecular complexity index is 777. The van der Waals surface area contributed by atoms with Gasteiger partial charge in [-0.1, -0.05) is 0 Å². The van der Waals surface area contributed by atoms with E-state index in [-0.39, 0.29) is 5.38 Å². The molecular formula is C15H16ClN5. The fourth-order valence-corrected chi connectivity index (χ4v) is 2.40. The van der Waals surface area contributed by atoms with Crippen LogP contribution in [0.15, 0.2) is 24.5 Å². The van der Waals surface area contributed by atoms with Gasteiger partial charge >= 0.3 is 0 Å². The van der Waals surface area contributed by atoms with Crippen LogP contribution in [0.25, 0.3) is 11.2 Å². The molecule has 6 heteroatoms. The summed E-state index contributed by atoms with van der Waals surface area (Å²) < 4.78 is 2.01. The molecule has 0 radical (unpaired) electrons. The van der Waals surface area contributed by atoms with E-state index in [9.17, 15) is 0 Å². The van der Waals surface area contributed by atoms with E-state index in [1.165, 1.54) is 0 Å². The van der Waals surface area contributed by atoms with Crippen LogP contribution in [0.2, 0.25) is 0 Å². The molecule has 0 amide bonds. The third kappa shape index (κ3) is 2.74. The summed E-state index contributed by atoms with van der Waals surface area (Å²) in [5.74, 6) is 0.798. The monoisotopic (exact) mass is 301 g/mol. The second kappa shape index (κ2) is 5.41. The maximum atomic E-state index is 6.26. The molecule has 3 heterocycles. The zero-order valence-corrected chi connectivity index (χ0v) is 13.0. The topological polar surface area (TPSA) is 56.5 Å². The van der Waals surface area contributed by atoms with Gasteiger partial charge in [0.15, 0.2) is 5.65 Å². The molecule has 0 fully saturated rings. The zero-order valence-electron chi connectivity index (χ0n) is 12.2. The Morgan fingerprint density at radius 3 is 2.57 bits per heavy atom. The maximum Gasteiger partial charge on any atom is 0.160 e. The van der Waals surface area contributed by atoms with Crippen molar-refractivity contribution >= 4 is 22.8 Å². The average Bonchev–Trinajstić information content (AvgIpc) is 2.80. The molecule has 3 aromatic heterocycles. The molecule has 0 aliphatic rings. The highest BCUT2D eigenvalue weighted by molar-refractivity contribution is 6.20. The summed E-state index contributed by atoms with van der Waals surface area (Å²) in [6.45, 7) is 6.35. The van der Waals surface area contributed by atoms with Crippen molar-refractivity contribution in [1.82, 2.24) is 24.5 Å². The van der Waals surface area contributed by atoms with E-state index in [1.54, 1.807) is 12.4 Å². The highest BCUT2D eigenvalue weighted by atomic mass is 35.5. The van der Waals surface area contributed by atoms with Crippen molar-refractivity contribution in [2.75, 3.05) is 0 Å². The molecule has 1 atom stereocenters. The van der Waals surface area contributed by atoms with Crippen molar-refractivity contribution in [2.45, 2.75) is 32.7 Å². The predicted molar refractivity (Wildman–Crippen MR) is 82.4 cm³/mol. The van der Waals surface area contributed by atoms with Gasteiger partial charge in [0.05, 0.1) is 29.5 Å². The van der Waals surface area contributed by atoms with Crippen molar-refractivity contribution in [3.05, 3.63) is 47.4 Å². The van der Waals surface area contributed by atoms with Gasteiger partial charge < -0.3 is 4.57 Å². The minimum absolute atomic E-state index is 0.196. The number of pyridine rings is 1. The molecule has 0 bridgehead atoms. The van der Waals surface area contributed by atoms with Gasteiger partial charge in [0.1, 0.15) is 11.3 Å². The van der Waals surface area contributed by atoms with Gasteiger partial charge in [-0.15, -0.1) is 11.6 Å². The van der Waals surface area contributed by atoms with Crippen molar-refractivity contribution < 1.29 is 0 Å². The minimum atomic E-state index is -0.196. The molecule has 0 aliphatic heterocycles. The number of alkyl halides is 1. The second-order valence-electron chi connectivity index (χ2n) is 5.12. The van der Waals surface area contributed by atoms with Crippen LogP contribution in [0, 0.1) is 13.8 Å². The van der Waals surface area contributed by atoms with E-state index in [2.05, 4.69) is 19.9 Å². The van der Waals surface area contributed by atoms with E-state index in [0.29, 0.717) is 6.54 Å². The molecular weight excluding hydrogens is 286 g/mol. The summed E-state index contributed by atoms with van der Waals surface area (Å²) in [5.41, 5.74) is 4.39. The number of aryl methyl sites for hydroxylation is 2. The molecule has 0 aromatic carbocycles. The number of hydrogen-bond donors (Lipinski definition) is 0. The first-order valence-electron chi connectivity index (χ1n) is 6.80. The van der Waals surface area contributed by atoms with E-state index in [0.717, 1.165) is 34.1 Å². The third-order valence-corrected chi connectivity index (χ3v) is 3.47. The van der Waals surface area contributed by atoms with E-state index in [4.69, 9.17) is 11.6 Å². The number of rotatable bonds is 3. The van der Waals surface area contributed by atoms with Crippen LogP contribution in [0.3, 0.4) is 0 Å². The van der Waals surface area contributed by atoms with Gasteiger partial charge in [0.25, 0.3) is 0 Å². The van der Waals surface area contributed by atoms with E-state index in [1.807, 2.05) is 37.5 Å². The lowest BCUT2D eigenvalue weighted by Gasteiger charge is -2.09. The van der Waals surface area contributed by atoms with Crippen LogP contribution in [0.4, 0.5) is 0 Å². The lowest BCUT2D eigenvalue weighted by molar-refractivity contribution is 0.716. The second-order valence-corrected chi connectivity index (χ2v) is 5.77. The van der Waals surface area contributed by atoms with Crippen LogP contribution < -0.4 is 0 Å². The molecule has 108 valence electrons. The molecule has 21 heavy (non-hydrogen) atoms. The first-order valence-corrected chi connectivity index (χ1v) is 7.23. The lowest BCUT2D eigenvalue weighted by atomic mass is 10.3. The molecule has 3 rings (SSSR count). The van der Waals surface area contributed by atoms with Gasteiger partial charge in [0.2, 0.25) is 0 Å². The molecule has 5 nitrogen and oxygen atoms in total. The quantitative estimate of drug-likeness (QED) is 0.697. The SMILES string of the molecule is Cc1cnc(Cn2c(C(C)Cl)nc3ccc(C)nc32)cn1. The normalized spacial score (nSPS) is 12.8. The molecule has 0 N–H and O–H groups in total. The summed E-state index contributed by atoms with van der Waals surface area (Å²) in [6, 6.07) is 3.92. The summed E-state index contributed by atoms with van der Waals surface area (Å²) in [6.07, 6.45) is 3.54. The Morgan fingerprint density at radius 1 is 1.10 bits per heavy atom. The van der Waals surface area contributed by atoms with Crippen LogP contribution in [0.5, 0.6) is 0 Å². The Morgan fingerprint density at radius 2 is 1.90 bits per heavy atom. The Balaban J connectivity index is 2.12. The Kier molecular flexibility index (Phi) is 3.59. The molecule has 0 spiro atoms. The maximum absolute atomic E-state index is 6.26. The van der Waals surface area contributed by atoms with Crippen LogP contribution in [0.1, 0.15) is 35.2 Å². The first-order chi connectivity index (χ1) is 10.0. The average molecular weight is 302 g/mol. The third-order valence-electron chi connectivity index (χ3n) is 3.27. The predicted octanol–water partition coefficient (Wildman–Crippen LogP) is 3.19. The van der Waals surface area contributed by atoms with Crippen molar-refractivity contribution in [1.29, 1.82) is 0 Å². The lowest BCUT2D eigenvalue weighted by Crippen LogP contribution is -2.08. The summed E-state index contributed by atoms with van der Waals surface area (Å²) in [5, 5.41) is -0.196. The fraction of sp³-hybridized carbons (Fsp3) is 0.333.